The fourth-order valence-electron chi connectivity index (χ4n) is 2.50. The molecule has 2 rings (SSSR count). The minimum atomic E-state index is -4.43. The third-order valence-electron chi connectivity index (χ3n) is 4.10. The molecule has 9 nitrogen and oxygen atoms in total. The van der Waals surface area contributed by atoms with Crippen molar-refractivity contribution >= 4 is 11.6 Å². The van der Waals surface area contributed by atoms with Crippen LogP contribution < -0.4 is 15.4 Å². The van der Waals surface area contributed by atoms with Crippen LogP contribution >= 0.6 is 0 Å². The Morgan fingerprint density at radius 2 is 2.17 bits per heavy atom. The number of guanidine groups is 1. The van der Waals surface area contributed by atoms with Gasteiger partial charge in [0.25, 0.3) is 0 Å². The number of nitrogens with zero attached hydrogens (tertiary/aromatic N) is 4. The molecule has 1 aromatic carbocycles. The maximum Gasteiger partial charge on any atom is 0.416 e. The van der Waals surface area contributed by atoms with Crippen molar-refractivity contribution in [1.29, 1.82) is 0 Å². The average molecular weight is 428 g/mol. The van der Waals surface area contributed by atoms with Gasteiger partial charge in [-0.25, -0.2) is 0 Å². The number of ether oxygens (including phenoxy) is 1. The van der Waals surface area contributed by atoms with Gasteiger partial charge in [0.15, 0.2) is 5.96 Å². The number of halogens is 3. The first-order chi connectivity index (χ1) is 14.2. The Bertz CT molecular complexity index is 869. The van der Waals surface area contributed by atoms with Crippen molar-refractivity contribution in [3.63, 3.8) is 0 Å². The third kappa shape index (κ3) is 6.94. The first kappa shape index (κ1) is 23.0. The van der Waals surface area contributed by atoms with Crippen LogP contribution in [0.2, 0.25) is 0 Å². The lowest BCUT2D eigenvalue weighted by Gasteiger charge is -2.20. The molecule has 1 unspecified atom stereocenters. The summed E-state index contributed by atoms with van der Waals surface area (Å²) >= 11 is 0. The second kappa shape index (κ2) is 10.5. The zero-order valence-corrected chi connectivity index (χ0v) is 16.5. The maximum atomic E-state index is 12.8. The van der Waals surface area contributed by atoms with Crippen molar-refractivity contribution in [2.45, 2.75) is 32.2 Å². The molecule has 2 N–H and O–H groups in total. The van der Waals surface area contributed by atoms with Gasteiger partial charge >= 0.3 is 11.9 Å². The molecule has 0 bridgehead atoms. The van der Waals surface area contributed by atoms with Gasteiger partial charge in [-0.15, -0.1) is 0 Å². The van der Waals surface area contributed by atoms with E-state index in [9.17, 15) is 23.3 Å². The number of nitrogens with one attached hydrogen (secondary N) is 2. The number of rotatable bonds is 9. The standard InChI is InChI=1S/C18H23F3N6O3/c1-3-15(30-16-6-4-5-13(9-16)18(19,20)21)11-24-17(22-2)23-7-8-26-12-14(10-25-26)27(28)29/h4-6,9-10,12,15H,3,7-8,11H2,1-2H3,(H2,22,23,24). The van der Waals surface area contributed by atoms with E-state index in [0.29, 0.717) is 32.0 Å². The smallest absolute Gasteiger partial charge is 0.416 e. The molecule has 0 aliphatic carbocycles. The van der Waals surface area contributed by atoms with Crippen LogP contribution in [0.15, 0.2) is 41.7 Å². The fourth-order valence-corrected chi connectivity index (χ4v) is 2.50. The van der Waals surface area contributed by atoms with E-state index < -0.39 is 16.7 Å². The van der Waals surface area contributed by atoms with Crippen molar-refractivity contribution < 1.29 is 22.8 Å². The summed E-state index contributed by atoms with van der Waals surface area (Å²) in [6.07, 6.45) is -1.74. The first-order valence-electron chi connectivity index (χ1n) is 9.18. The lowest BCUT2D eigenvalue weighted by molar-refractivity contribution is -0.385. The van der Waals surface area contributed by atoms with E-state index in [-0.39, 0.29) is 17.5 Å². The largest absolute Gasteiger partial charge is 0.489 e. The van der Waals surface area contributed by atoms with Crippen LogP contribution in [0.4, 0.5) is 18.9 Å². The fraction of sp³-hybridized carbons (Fsp3) is 0.444. The van der Waals surface area contributed by atoms with Crippen LogP contribution in [0.3, 0.4) is 0 Å². The number of benzene rings is 1. The molecule has 1 aromatic heterocycles. The van der Waals surface area contributed by atoms with Crippen molar-refractivity contribution in [2.75, 3.05) is 20.1 Å². The lowest BCUT2D eigenvalue weighted by Crippen LogP contribution is -2.43. The summed E-state index contributed by atoms with van der Waals surface area (Å²) in [6.45, 7) is 2.97. The topological polar surface area (TPSA) is 107 Å². The molecule has 1 heterocycles. The highest BCUT2D eigenvalue weighted by Gasteiger charge is 2.30. The summed E-state index contributed by atoms with van der Waals surface area (Å²) in [7, 11) is 1.57. The van der Waals surface area contributed by atoms with Crippen molar-refractivity contribution in [1.82, 2.24) is 20.4 Å². The number of nitro groups is 1. The van der Waals surface area contributed by atoms with Crippen LogP contribution in [0.1, 0.15) is 18.9 Å². The van der Waals surface area contributed by atoms with Crippen LogP contribution in [-0.2, 0) is 12.7 Å². The number of hydrogen-bond acceptors (Lipinski definition) is 5. The molecule has 0 fully saturated rings. The Balaban J connectivity index is 1.83. The van der Waals surface area contributed by atoms with Crippen molar-refractivity contribution in [3.8, 4) is 5.75 Å². The first-order valence-corrected chi connectivity index (χ1v) is 9.18. The molecular formula is C18H23F3N6O3. The molecule has 1 atom stereocenters. The predicted molar refractivity (Wildman–Crippen MR) is 104 cm³/mol. The number of alkyl halides is 3. The van der Waals surface area contributed by atoms with Gasteiger partial charge in [0.1, 0.15) is 24.2 Å². The quantitative estimate of drug-likeness (QED) is 0.275. The van der Waals surface area contributed by atoms with E-state index in [1.165, 1.54) is 29.2 Å². The van der Waals surface area contributed by atoms with Crippen LogP contribution in [0.5, 0.6) is 5.75 Å². The minimum absolute atomic E-state index is 0.0879. The molecule has 0 spiro atoms. The SMILES string of the molecule is CCC(CNC(=NC)NCCn1cc([N+](=O)[O-])cn1)Oc1cccc(C(F)(F)F)c1. The van der Waals surface area contributed by atoms with Crippen LogP contribution in [-0.4, -0.2) is 46.9 Å². The van der Waals surface area contributed by atoms with E-state index in [1.54, 1.807) is 7.05 Å². The highest BCUT2D eigenvalue weighted by Crippen LogP contribution is 2.31. The highest BCUT2D eigenvalue weighted by atomic mass is 19.4. The average Bonchev–Trinajstić information content (AvgIpc) is 3.18. The van der Waals surface area contributed by atoms with Gasteiger partial charge in [-0.05, 0) is 24.6 Å². The zero-order valence-electron chi connectivity index (χ0n) is 16.5. The zero-order chi connectivity index (χ0) is 22.1. The number of aromatic nitrogens is 2. The Labute approximate surface area is 171 Å². The summed E-state index contributed by atoms with van der Waals surface area (Å²) in [5.41, 5.74) is -0.853. The molecule has 0 aliphatic heterocycles. The molecule has 2 aromatic rings. The predicted octanol–water partition coefficient (Wildman–Crippen LogP) is 2.83. The van der Waals surface area contributed by atoms with Gasteiger partial charge in [0.2, 0.25) is 0 Å². The summed E-state index contributed by atoms with van der Waals surface area (Å²) in [6, 6.07) is 4.75. The van der Waals surface area contributed by atoms with E-state index in [4.69, 9.17) is 4.74 Å². The van der Waals surface area contributed by atoms with E-state index in [0.717, 1.165) is 12.1 Å². The molecule has 0 aliphatic rings. The maximum absolute atomic E-state index is 12.8. The monoisotopic (exact) mass is 428 g/mol. The van der Waals surface area contributed by atoms with Crippen LogP contribution in [0.25, 0.3) is 0 Å². The van der Waals surface area contributed by atoms with Gasteiger partial charge in [0.05, 0.1) is 23.6 Å². The third-order valence-corrected chi connectivity index (χ3v) is 4.10. The van der Waals surface area contributed by atoms with E-state index >= 15 is 0 Å². The molecule has 30 heavy (non-hydrogen) atoms. The number of aliphatic imine (C=N–C) groups is 1. The molecule has 0 saturated carbocycles. The molecule has 164 valence electrons. The molecule has 0 radical (unpaired) electrons. The van der Waals surface area contributed by atoms with Crippen molar-refractivity contribution in [2.24, 2.45) is 4.99 Å². The minimum Gasteiger partial charge on any atom is -0.489 e. The van der Waals surface area contributed by atoms with E-state index in [2.05, 4.69) is 20.7 Å². The van der Waals surface area contributed by atoms with Crippen molar-refractivity contribution in [3.05, 3.63) is 52.3 Å². The Morgan fingerprint density at radius 1 is 1.40 bits per heavy atom. The Morgan fingerprint density at radius 3 is 2.77 bits per heavy atom. The summed E-state index contributed by atoms with van der Waals surface area (Å²) < 4.78 is 45.6. The Hall–Kier alpha value is -3.31. The second-order valence-corrected chi connectivity index (χ2v) is 6.27. The lowest BCUT2D eigenvalue weighted by atomic mass is 10.2. The van der Waals surface area contributed by atoms with Gasteiger partial charge in [-0.2, -0.15) is 18.3 Å². The molecule has 0 amide bonds. The summed E-state index contributed by atoms with van der Waals surface area (Å²) in [4.78, 5) is 14.2. The van der Waals surface area contributed by atoms with Gasteiger partial charge in [-0.3, -0.25) is 19.8 Å². The Kier molecular flexibility index (Phi) is 8.01. The van der Waals surface area contributed by atoms with Gasteiger partial charge in [0, 0.05) is 13.6 Å². The summed E-state index contributed by atoms with van der Waals surface area (Å²) in [5.74, 6) is 0.601. The number of hydrogen-bond donors (Lipinski definition) is 2. The summed E-state index contributed by atoms with van der Waals surface area (Å²) in [5, 5.41) is 20.6. The van der Waals surface area contributed by atoms with Crippen LogP contribution in [0, 0.1) is 10.1 Å². The molecule has 12 heteroatoms. The molecule has 0 saturated heterocycles. The highest BCUT2D eigenvalue weighted by molar-refractivity contribution is 5.79. The normalized spacial score (nSPS) is 13.0. The second-order valence-electron chi connectivity index (χ2n) is 6.27. The molecular weight excluding hydrogens is 405 g/mol. The van der Waals surface area contributed by atoms with Gasteiger partial charge < -0.3 is 15.4 Å². The van der Waals surface area contributed by atoms with E-state index in [1.807, 2.05) is 6.92 Å². The van der Waals surface area contributed by atoms with Gasteiger partial charge in [-0.1, -0.05) is 13.0 Å².